The van der Waals surface area contributed by atoms with Gasteiger partial charge in [0.1, 0.15) is 85.5 Å². The molecule has 19 nitrogen and oxygen atoms in total. The molecule has 1 unspecified atom stereocenters. The second-order valence-electron chi connectivity index (χ2n) is 11.2. The highest BCUT2D eigenvalue weighted by Crippen LogP contribution is 2.33. The van der Waals surface area contributed by atoms with Gasteiger partial charge in [-0.15, -0.1) is 0 Å². The topological polar surface area (TPSA) is 307 Å². The van der Waals surface area contributed by atoms with E-state index in [1.807, 2.05) is 0 Å². The third-order valence-electron chi connectivity index (χ3n) is 8.10. The lowest BCUT2D eigenvalue weighted by Gasteiger charge is -2.48. The Hall–Kier alpha value is -0.760. The monoisotopic (exact) mass is 634 g/mol. The van der Waals surface area contributed by atoms with E-state index in [9.17, 15) is 61.3 Å². The molecule has 0 amide bonds. The van der Waals surface area contributed by atoms with Crippen LogP contribution in [0.4, 0.5) is 0 Å². The molecule has 4 aliphatic rings. The van der Waals surface area contributed by atoms with Gasteiger partial charge in [0.15, 0.2) is 25.2 Å². The van der Waals surface area contributed by atoms with Crippen molar-refractivity contribution in [3.8, 4) is 0 Å². The first-order valence-electron chi connectivity index (χ1n) is 13.8. The van der Waals surface area contributed by atoms with E-state index in [1.54, 1.807) is 0 Å². The van der Waals surface area contributed by atoms with Gasteiger partial charge in [0.05, 0.1) is 25.4 Å². The number of hydrogen-bond donors (Lipinski definition) is 12. The number of hydrogen-bond acceptors (Lipinski definition) is 19. The summed E-state index contributed by atoms with van der Waals surface area (Å²) in [6.07, 6.45) is -32.4. The summed E-state index contributed by atoms with van der Waals surface area (Å²) >= 11 is 0. The minimum Gasteiger partial charge on any atom is -0.394 e. The molecule has 19 heteroatoms. The first-order chi connectivity index (χ1) is 20.2. The van der Waals surface area contributed by atoms with Crippen LogP contribution in [0.25, 0.3) is 0 Å². The SMILES string of the molecule is C[C@@H]1O[C@@H](O[C@H]2[C@H](O[C@@H]3[C@H](O)[C@@H](O)C(O)O[C@@H]3C)O[C@H](CO[C@@H]3O[C@H](CO)[C@@H](O)[C@H](O)[C@H]3O)[C@@H](O)[C@@H]2O)[C@H](O)[C@H](O)[C@H]1O. The maximum Gasteiger partial charge on any atom is 0.187 e. The van der Waals surface area contributed by atoms with Gasteiger partial charge in [-0.2, -0.15) is 0 Å². The summed E-state index contributed by atoms with van der Waals surface area (Å²) in [6.45, 7) is 1.38. The Morgan fingerprint density at radius 3 is 1.65 bits per heavy atom. The molecule has 4 rings (SSSR count). The van der Waals surface area contributed by atoms with Gasteiger partial charge in [-0.1, -0.05) is 0 Å². The Kier molecular flexibility index (Phi) is 11.7. The van der Waals surface area contributed by atoms with Crippen LogP contribution in [0, 0.1) is 0 Å². The number of aliphatic hydroxyl groups excluding tert-OH is 12. The van der Waals surface area contributed by atoms with E-state index in [-0.39, 0.29) is 0 Å². The molecule has 0 aliphatic carbocycles. The zero-order valence-corrected chi connectivity index (χ0v) is 23.2. The van der Waals surface area contributed by atoms with Crippen molar-refractivity contribution in [1.82, 2.24) is 0 Å². The first-order valence-corrected chi connectivity index (χ1v) is 13.8. The van der Waals surface area contributed by atoms with Gasteiger partial charge >= 0.3 is 0 Å². The summed E-state index contributed by atoms with van der Waals surface area (Å²) in [5.41, 5.74) is 0. The van der Waals surface area contributed by atoms with Crippen LogP contribution in [0.1, 0.15) is 13.8 Å². The fourth-order valence-corrected chi connectivity index (χ4v) is 5.34. The van der Waals surface area contributed by atoms with Crippen LogP contribution in [0.15, 0.2) is 0 Å². The lowest BCUT2D eigenvalue weighted by molar-refractivity contribution is -0.388. The maximum absolute atomic E-state index is 11.1. The predicted octanol–water partition coefficient (Wildman–Crippen LogP) is -7.69. The molecule has 4 saturated heterocycles. The normalized spacial score (nSPS) is 54.8. The van der Waals surface area contributed by atoms with Gasteiger partial charge in [-0.3, -0.25) is 0 Å². The van der Waals surface area contributed by atoms with E-state index in [4.69, 9.17) is 33.2 Å². The van der Waals surface area contributed by atoms with Crippen molar-refractivity contribution in [2.45, 2.75) is 137 Å². The summed E-state index contributed by atoms with van der Waals surface area (Å²) in [7, 11) is 0. The molecule has 43 heavy (non-hydrogen) atoms. The van der Waals surface area contributed by atoms with Gasteiger partial charge in [0.2, 0.25) is 0 Å². The summed E-state index contributed by atoms with van der Waals surface area (Å²) < 4.78 is 38.6. The molecule has 0 aromatic heterocycles. The minimum absolute atomic E-state index is 0.654. The zero-order chi connectivity index (χ0) is 31.9. The highest BCUT2D eigenvalue weighted by molar-refractivity contribution is 4.96. The molecule has 0 aromatic carbocycles. The van der Waals surface area contributed by atoms with E-state index in [1.165, 1.54) is 13.8 Å². The second kappa shape index (κ2) is 14.3. The smallest absolute Gasteiger partial charge is 0.187 e. The van der Waals surface area contributed by atoms with E-state index in [2.05, 4.69) is 0 Å². The number of ether oxygens (including phenoxy) is 7. The van der Waals surface area contributed by atoms with Gasteiger partial charge in [0, 0.05) is 0 Å². The highest BCUT2D eigenvalue weighted by Gasteiger charge is 2.53. The van der Waals surface area contributed by atoms with E-state index >= 15 is 0 Å². The molecule has 0 radical (unpaired) electrons. The average Bonchev–Trinajstić information content (AvgIpc) is 2.97. The largest absolute Gasteiger partial charge is 0.394 e. The Bertz CT molecular complexity index is 884. The molecule has 252 valence electrons. The molecule has 0 aromatic rings. The predicted molar refractivity (Wildman–Crippen MR) is 131 cm³/mol. The Morgan fingerprint density at radius 1 is 0.465 bits per heavy atom. The molecule has 0 bridgehead atoms. The maximum atomic E-state index is 11.1. The standard InChI is InChI=1S/C24H42O19/c1-5-9(26)12(29)18(35)23(39-5)43-20-14(31)11(28)8(4-37-22-17(34)13(30)10(27)7(3-25)40-22)41-24(20)42-19-6(2)38-21(36)16(33)15(19)32/h5-36H,3-4H2,1-2H3/t5-,6+,7+,8+,9-,10+,11+,12+,13-,14-,15+,16+,17+,18+,19-,20+,21?,22+,23-,24-/m0/s1. The fourth-order valence-electron chi connectivity index (χ4n) is 5.34. The first kappa shape index (κ1) is 35.1. The highest BCUT2D eigenvalue weighted by atomic mass is 16.8. The Balaban J connectivity index is 1.53. The van der Waals surface area contributed by atoms with E-state index < -0.39 is 136 Å². The minimum atomic E-state index is -1.91. The van der Waals surface area contributed by atoms with Crippen molar-refractivity contribution in [3.63, 3.8) is 0 Å². The van der Waals surface area contributed by atoms with Crippen molar-refractivity contribution in [2.75, 3.05) is 13.2 Å². The third kappa shape index (κ3) is 7.15. The molecule has 0 spiro atoms. The van der Waals surface area contributed by atoms with Crippen LogP contribution >= 0.6 is 0 Å². The van der Waals surface area contributed by atoms with Crippen LogP contribution in [-0.4, -0.2) is 197 Å². The van der Waals surface area contributed by atoms with Crippen molar-refractivity contribution >= 4 is 0 Å². The van der Waals surface area contributed by atoms with Crippen molar-refractivity contribution < 1.29 is 94.4 Å². The van der Waals surface area contributed by atoms with Crippen molar-refractivity contribution in [2.24, 2.45) is 0 Å². The van der Waals surface area contributed by atoms with Gasteiger partial charge in [0.25, 0.3) is 0 Å². The molecule has 20 atom stereocenters. The molecular formula is C24H42O19. The third-order valence-corrected chi connectivity index (χ3v) is 8.10. The molecule has 12 N–H and O–H groups in total. The molecule has 0 saturated carbocycles. The summed E-state index contributed by atoms with van der Waals surface area (Å²) in [6, 6.07) is 0. The molecule has 4 aliphatic heterocycles. The summed E-state index contributed by atoms with van der Waals surface area (Å²) in [5.74, 6) is 0. The average molecular weight is 635 g/mol. The van der Waals surface area contributed by atoms with E-state index in [0.29, 0.717) is 0 Å². The quantitative estimate of drug-likeness (QED) is 0.118. The van der Waals surface area contributed by atoms with Crippen LogP contribution in [-0.2, 0) is 33.2 Å². The summed E-state index contributed by atoms with van der Waals surface area (Å²) in [5, 5.41) is 123. The second-order valence-corrected chi connectivity index (χ2v) is 11.2. The molecule has 4 heterocycles. The van der Waals surface area contributed by atoms with Gasteiger partial charge in [-0.25, -0.2) is 0 Å². The Morgan fingerprint density at radius 2 is 1.00 bits per heavy atom. The zero-order valence-electron chi connectivity index (χ0n) is 23.2. The number of aliphatic hydroxyl groups is 12. The molecule has 4 fully saturated rings. The molecular weight excluding hydrogens is 592 g/mol. The van der Waals surface area contributed by atoms with Crippen LogP contribution in [0.2, 0.25) is 0 Å². The van der Waals surface area contributed by atoms with E-state index in [0.717, 1.165) is 0 Å². The van der Waals surface area contributed by atoms with Gasteiger partial charge < -0.3 is 94.4 Å². The Labute approximate surface area is 244 Å². The lowest BCUT2D eigenvalue weighted by Crippen LogP contribution is -2.66. The summed E-state index contributed by atoms with van der Waals surface area (Å²) in [4.78, 5) is 0. The van der Waals surface area contributed by atoms with Crippen LogP contribution in [0.5, 0.6) is 0 Å². The van der Waals surface area contributed by atoms with Crippen LogP contribution in [0.3, 0.4) is 0 Å². The van der Waals surface area contributed by atoms with Crippen molar-refractivity contribution in [3.05, 3.63) is 0 Å². The fraction of sp³-hybridized carbons (Fsp3) is 1.00. The van der Waals surface area contributed by atoms with Crippen molar-refractivity contribution in [1.29, 1.82) is 0 Å². The van der Waals surface area contributed by atoms with Gasteiger partial charge in [-0.05, 0) is 13.8 Å². The number of rotatable bonds is 8. The van der Waals surface area contributed by atoms with Crippen LogP contribution < -0.4 is 0 Å². The lowest BCUT2D eigenvalue weighted by atomic mass is 9.96.